The molecule has 0 radical (unpaired) electrons. The van der Waals surface area contributed by atoms with Crippen LogP contribution in [0.3, 0.4) is 0 Å². The van der Waals surface area contributed by atoms with E-state index in [1.54, 1.807) is 21.3 Å². The average molecular weight is 508 g/mol. The summed E-state index contributed by atoms with van der Waals surface area (Å²) in [6.07, 6.45) is 1.97. The highest BCUT2D eigenvalue weighted by Gasteiger charge is 2.05. The molecule has 0 saturated carbocycles. The van der Waals surface area contributed by atoms with E-state index in [9.17, 15) is 0 Å². The SMILES string of the molecule is CCOc1cc(CCCNC(=NC)NCCN(C)CCOC)ccc1OC.I. The van der Waals surface area contributed by atoms with Crippen molar-refractivity contribution in [1.29, 1.82) is 0 Å². The van der Waals surface area contributed by atoms with Gasteiger partial charge in [0.2, 0.25) is 0 Å². The van der Waals surface area contributed by atoms with Crippen LogP contribution in [0.15, 0.2) is 23.2 Å². The number of likely N-dealkylation sites (N-methyl/N-ethyl adjacent to an activating group) is 1. The molecule has 1 rings (SSSR count). The first-order valence-corrected chi connectivity index (χ1v) is 9.56. The number of guanidine groups is 1. The largest absolute Gasteiger partial charge is 0.493 e. The number of halogens is 1. The van der Waals surface area contributed by atoms with Crippen LogP contribution in [0.25, 0.3) is 0 Å². The molecule has 0 atom stereocenters. The van der Waals surface area contributed by atoms with Gasteiger partial charge in [0, 0.05) is 40.3 Å². The molecular formula is C20H37IN4O3. The van der Waals surface area contributed by atoms with E-state index < -0.39 is 0 Å². The number of nitrogens with one attached hydrogen (secondary N) is 2. The maximum atomic E-state index is 5.64. The van der Waals surface area contributed by atoms with Crippen molar-refractivity contribution in [3.05, 3.63) is 23.8 Å². The molecule has 0 amide bonds. The fraction of sp³-hybridized carbons (Fsp3) is 0.650. The highest BCUT2D eigenvalue weighted by atomic mass is 127. The fourth-order valence-corrected chi connectivity index (χ4v) is 2.59. The van der Waals surface area contributed by atoms with Crippen LogP contribution < -0.4 is 20.1 Å². The average Bonchev–Trinajstić information content (AvgIpc) is 2.68. The van der Waals surface area contributed by atoms with Gasteiger partial charge >= 0.3 is 0 Å². The number of aryl methyl sites for hydroxylation is 1. The number of nitrogens with zero attached hydrogens (tertiary/aromatic N) is 2. The van der Waals surface area contributed by atoms with Crippen LogP contribution in [0.2, 0.25) is 0 Å². The molecule has 0 aliphatic heterocycles. The van der Waals surface area contributed by atoms with Gasteiger partial charge in [-0.05, 0) is 44.5 Å². The second-order valence-corrected chi connectivity index (χ2v) is 6.24. The Morgan fingerprint density at radius 1 is 1.11 bits per heavy atom. The standard InChI is InChI=1S/C20H36N4O3.HI/c1-6-27-19-16-17(9-10-18(19)26-5)8-7-11-22-20(21-2)23-12-13-24(3)14-15-25-4;/h9-10,16H,6-8,11-15H2,1-5H3,(H2,21,22,23);1H. The molecule has 0 spiro atoms. The summed E-state index contributed by atoms with van der Waals surface area (Å²) in [4.78, 5) is 6.49. The molecule has 0 heterocycles. The van der Waals surface area contributed by atoms with Gasteiger partial charge in [0.25, 0.3) is 0 Å². The van der Waals surface area contributed by atoms with Crippen LogP contribution in [0.1, 0.15) is 18.9 Å². The summed E-state index contributed by atoms with van der Waals surface area (Å²) in [5.41, 5.74) is 1.24. The summed E-state index contributed by atoms with van der Waals surface area (Å²) < 4.78 is 16.0. The smallest absolute Gasteiger partial charge is 0.191 e. The van der Waals surface area contributed by atoms with E-state index in [0.717, 1.165) is 63.1 Å². The van der Waals surface area contributed by atoms with E-state index in [2.05, 4.69) is 39.7 Å². The lowest BCUT2D eigenvalue weighted by Gasteiger charge is -2.17. The van der Waals surface area contributed by atoms with E-state index in [0.29, 0.717) is 6.61 Å². The molecule has 0 bridgehead atoms. The molecule has 0 aliphatic carbocycles. The van der Waals surface area contributed by atoms with E-state index in [4.69, 9.17) is 14.2 Å². The van der Waals surface area contributed by atoms with E-state index in [1.807, 2.05) is 13.0 Å². The van der Waals surface area contributed by atoms with Gasteiger partial charge in [-0.1, -0.05) is 6.07 Å². The third-order valence-electron chi connectivity index (χ3n) is 4.15. The zero-order chi connectivity index (χ0) is 19.9. The maximum absolute atomic E-state index is 5.64. The molecule has 2 N–H and O–H groups in total. The fourth-order valence-electron chi connectivity index (χ4n) is 2.59. The zero-order valence-corrected chi connectivity index (χ0v) is 20.2. The molecule has 0 fully saturated rings. The van der Waals surface area contributed by atoms with Gasteiger partial charge in [-0.3, -0.25) is 4.99 Å². The number of ether oxygens (including phenoxy) is 3. The van der Waals surface area contributed by atoms with Crippen LogP contribution in [0.4, 0.5) is 0 Å². The van der Waals surface area contributed by atoms with Crippen LogP contribution >= 0.6 is 24.0 Å². The van der Waals surface area contributed by atoms with Crippen LogP contribution in [0.5, 0.6) is 11.5 Å². The van der Waals surface area contributed by atoms with Gasteiger partial charge in [0.05, 0.1) is 20.3 Å². The molecule has 7 nitrogen and oxygen atoms in total. The Labute approximate surface area is 187 Å². The Morgan fingerprint density at radius 3 is 2.50 bits per heavy atom. The second kappa shape index (κ2) is 16.7. The zero-order valence-electron chi connectivity index (χ0n) is 17.9. The van der Waals surface area contributed by atoms with Gasteiger partial charge in [-0.2, -0.15) is 0 Å². The lowest BCUT2D eigenvalue weighted by Crippen LogP contribution is -2.41. The van der Waals surface area contributed by atoms with Crippen molar-refractivity contribution in [2.24, 2.45) is 4.99 Å². The Hall–Kier alpha value is -1.26. The van der Waals surface area contributed by atoms with Gasteiger partial charge in [-0.25, -0.2) is 0 Å². The van der Waals surface area contributed by atoms with Gasteiger partial charge in [-0.15, -0.1) is 24.0 Å². The number of hydrogen-bond donors (Lipinski definition) is 2. The molecule has 1 aromatic carbocycles. The Bertz CT molecular complexity index is 558. The number of benzene rings is 1. The molecule has 0 saturated heterocycles. The predicted octanol–water partition coefficient (Wildman–Crippen LogP) is 2.39. The normalized spacial score (nSPS) is 11.1. The number of methoxy groups -OCH3 is 2. The number of aliphatic imine (C=N–C) groups is 1. The van der Waals surface area contributed by atoms with Crippen molar-refractivity contribution in [1.82, 2.24) is 15.5 Å². The quantitative estimate of drug-likeness (QED) is 0.185. The first-order chi connectivity index (χ1) is 13.1. The highest BCUT2D eigenvalue weighted by molar-refractivity contribution is 14.0. The van der Waals surface area contributed by atoms with E-state index >= 15 is 0 Å². The van der Waals surface area contributed by atoms with Crippen LogP contribution in [0, 0.1) is 0 Å². The summed E-state index contributed by atoms with van der Waals surface area (Å²) in [7, 11) is 7.26. The molecule has 28 heavy (non-hydrogen) atoms. The minimum atomic E-state index is 0. The molecular weight excluding hydrogens is 471 g/mol. The maximum Gasteiger partial charge on any atom is 0.191 e. The minimum absolute atomic E-state index is 0. The molecule has 162 valence electrons. The third-order valence-corrected chi connectivity index (χ3v) is 4.15. The summed E-state index contributed by atoms with van der Waals surface area (Å²) in [6.45, 7) is 6.92. The first kappa shape index (κ1) is 26.7. The van der Waals surface area contributed by atoms with Crippen LogP contribution in [-0.2, 0) is 11.2 Å². The molecule has 0 aromatic heterocycles. The number of hydrogen-bond acceptors (Lipinski definition) is 5. The van der Waals surface area contributed by atoms with Crippen molar-refractivity contribution < 1.29 is 14.2 Å². The minimum Gasteiger partial charge on any atom is -0.493 e. The van der Waals surface area contributed by atoms with Crippen molar-refractivity contribution in [2.45, 2.75) is 19.8 Å². The van der Waals surface area contributed by atoms with Crippen molar-refractivity contribution in [2.75, 3.05) is 67.7 Å². The van der Waals surface area contributed by atoms with Crippen LogP contribution in [-0.4, -0.2) is 78.6 Å². The lowest BCUT2D eigenvalue weighted by atomic mass is 10.1. The Kier molecular flexibility index (Phi) is 15.9. The second-order valence-electron chi connectivity index (χ2n) is 6.24. The molecule has 1 aromatic rings. The summed E-state index contributed by atoms with van der Waals surface area (Å²) >= 11 is 0. The van der Waals surface area contributed by atoms with Gasteiger partial charge in [0.15, 0.2) is 17.5 Å². The third kappa shape index (κ3) is 10.9. The summed E-state index contributed by atoms with van der Waals surface area (Å²) in [5, 5.41) is 6.69. The lowest BCUT2D eigenvalue weighted by molar-refractivity contribution is 0.162. The molecule has 0 unspecified atom stereocenters. The molecule has 0 aliphatic rings. The van der Waals surface area contributed by atoms with Crippen molar-refractivity contribution in [3.63, 3.8) is 0 Å². The monoisotopic (exact) mass is 508 g/mol. The van der Waals surface area contributed by atoms with Gasteiger partial charge < -0.3 is 29.7 Å². The highest BCUT2D eigenvalue weighted by Crippen LogP contribution is 2.28. The van der Waals surface area contributed by atoms with Gasteiger partial charge in [0.1, 0.15) is 0 Å². The van der Waals surface area contributed by atoms with E-state index in [1.165, 1.54) is 5.56 Å². The summed E-state index contributed by atoms with van der Waals surface area (Å²) in [5.74, 6) is 2.42. The van der Waals surface area contributed by atoms with Crippen molar-refractivity contribution >= 4 is 29.9 Å². The Balaban J connectivity index is 0.00000729. The van der Waals surface area contributed by atoms with Crippen molar-refractivity contribution in [3.8, 4) is 11.5 Å². The molecule has 8 heteroatoms. The summed E-state index contributed by atoms with van der Waals surface area (Å²) in [6, 6.07) is 6.11. The Morgan fingerprint density at radius 2 is 1.86 bits per heavy atom. The first-order valence-electron chi connectivity index (χ1n) is 9.56. The van der Waals surface area contributed by atoms with E-state index in [-0.39, 0.29) is 24.0 Å². The topological polar surface area (TPSA) is 67.4 Å². The predicted molar refractivity (Wildman–Crippen MR) is 127 cm³/mol. The number of rotatable bonds is 13.